The van der Waals surface area contributed by atoms with Gasteiger partial charge in [0.15, 0.2) is 5.82 Å². The molecule has 5 rings (SSSR count). The molecule has 196 valence electrons. The first-order valence-electron chi connectivity index (χ1n) is 12.6. The fourth-order valence-electron chi connectivity index (χ4n) is 4.60. The molecule has 2 aromatic carbocycles. The Hall–Kier alpha value is -3.98. The lowest BCUT2D eigenvalue weighted by Gasteiger charge is -2.13. The Morgan fingerprint density at radius 1 is 1.05 bits per heavy atom. The third kappa shape index (κ3) is 4.93. The molecule has 0 aliphatic carbocycles. The largest absolute Gasteiger partial charge is 0.497 e. The van der Waals surface area contributed by atoms with Crippen molar-refractivity contribution in [2.75, 3.05) is 19.0 Å². The molecule has 8 nitrogen and oxygen atoms in total. The van der Waals surface area contributed by atoms with E-state index in [9.17, 15) is 4.79 Å². The van der Waals surface area contributed by atoms with Crippen molar-refractivity contribution < 1.29 is 14.3 Å². The zero-order chi connectivity index (χ0) is 26.8. The van der Waals surface area contributed by atoms with Crippen LogP contribution in [0.15, 0.2) is 53.5 Å². The van der Waals surface area contributed by atoms with Crippen molar-refractivity contribution >= 4 is 28.7 Å². The number of methoxy groups -OCH3 is 1. The first-order valence-corrected chi connectivity index (χ1v) is 13.4. The Balaban J connectivity index is 1.49. The second kappa shape index (κ2) is 10.8. The number of nitrogens with one attached hydrogen (secondary N) is 1. The maximum atomic E-state index is 12.5. The number of aromatic nitrogens is 3. The number of benzene rings is 2. The summed E-state index contributed by atoms with van der Waals surface area (Å²) in [5.74, 6) is 1.97. The normalized spacial score (nSPS) is 14.2. The Bertz CT molecular complexity index is 1490. The van der Waals surface area contributed by atoms with Crippen LogP contribution >= 0.6 is 11.3 Å². The monoisotopic (exact) mass is 529 g/mol. The number of fused-ring (bicyclic) bond motifs is 3. The highest BCUT2D eigenvalue weighted by atomic mass is 32.1. The molecule has 2 aromatic heterocycles. The molecular formula is C29H31N5O3S. The maximum Gasteiger partial charge on any atom is 0.308 e. The van der Waals surface area contributed by atoms with E-state index in [2.05, 4.69) is 53.6 Å². The lowest BCUT2D eigenvalue weighted by atomic mass is 9.99. The van der Waals surface area contributed by atoms with Gasteiger partial charge in [-0.05, 0) is 63.1 Å². The number of esters is 1. The molecule has 0 fully saturated rings. The summed E-state index contributed by atoms with van der Waals surface area (Å²) in [5.41, 5.74) is 6.23. The van der Waals surface area contributed by atoms with Gasteiger partial charge in [0.2, 0.25) is 0 Å². The molecule has 0 radical (unpaired) electrons. The smallest absolute Gasteiger partial charge is 0.308 e. The van der Waals surface area contributed by atoms with E-state index in [1.807, 2.05) is 35.8 Å². The van der Waals surface area contributed by atoms with Crippen LogP contribution in [-0.2, 0) is 16.1 Å². The molecule has 9 heteroatoms. The minimum Gasteiger partial charge on any atom is -0.497 e. The van der Waals surface area contributed by atoms with Gasteiger partial charge in [-0.1, -0.05) is 24.3 Å². The summed E-state index contributed by atoms with van der Waals surface area (Å²) in [4.78, 5) is 18.9. The van der Waals surface area contributed by atoms with E-state index < -0.39 is 6.04 Å². The van der Waals surface area contributed by atoms with Gasteiger partial charge in [-0.25, -0.2) is 0 Å². The van der Waals surface area contributed by atoms with Gasteiger partial charge >= 0.3 is 5.97 Å². The van der Waals surface area contributed by atoms with Crippen LogP contribution in [0.1, 0.15) is 58.2 Å². The summed E-state index contributed by atoms with van der Waals surface area (Å²) >= 11 is 1.70. The number of anilines is 1. The van der Waals surface area contributed by atoms with Crippen LogP contribution in [0.4, 0.5) is 5.69 Å². The summed E-state index contributed by atoms with van der Waals surface area (Å²) in [5, 5.41) is 13.3. The van der Waals surface area contributed by atoms with Gasteiger partial charge in [-0.2, -0.15) is 0 Å². The highest BCUT2D eigenvalue weighted by molar-refractivity contribution is 7.15. The average molecular weight is 530 g/mol. The van der Waals surface area contributed by atoms with Crippen molar-refractivity contribution in [3.8, 4) is 10.8 Å². The number of nitrogens with zero attached hydrogens (tertiary/aromatic N) is 4. The molecule has 0 amide bonds. The van der Waals surface area contributed by atoms with E-state index in [0.717, 1.165) is 44.7 Å². The average Bonchev–Trinajstić information content (AvgIpc) is 3.40. The van der Waals surface area contributed by atoms with Crippen LogP contribution in [0.3, 0.4) is 0 Å². The summed E-state index contributed by atoms with van der Waals surface area (Å²) in [7, 11) is 1.67. The molecule has 1 aliphatic rings. The Morgan fingerprint density at radius 3 is 2.47 bits per heavy atom. The number of thiophene rings is 1. The fraction of sp³-hybridized carbons (Fsp3) is 0.310. The minimum absolute atomic E-state index is 0.101. The predicted molar refractivity (Wildman–Crippen MR) is 150 cm³/mol. The fourth-order valence-corrected chi connectivity index (χ4v) is 5.81. The third-order valence-corrected chi connectivity index (χ3v) is 7.91. The molecule has 1 aliphatic heterocycles. The highest BCUT2D eigenvalue weighted by Gasteiger charge is 2.32. The van der Waals surface area contributed by atoms with Gasteiger partial charge in [0, 0.05) is 28.2 Å². The van der Waals surface area contributed by atoms with Crippen molar-refractivity contribution in [3.63, 3.8) is 0 Å². The van der Waals surface area contributed by atoms with Crippen molar-refractivity contribution in [2.24, 2.45) is 4.99 Å². The van der Waals surface area contributed by atoms with E-state index in [1.54, 1.807) is 25.4 Å². The summed E-state index contributed by atoms with van der Waals surface area (Å²) in [6.45, 7) is 9.00. The second-order valence-electron chi connectivity index (χ2n) is 9.19. The van der Waals surface area contributed by atoms with Gasteiger partial charge in [-0.15, -0.1) is 21.5 Å². The van der Waals surface area contributed by atoms with E-state index in [4.69, 9.17) is 14.5 Å². The number of rotatable bonds is 8. The molecule has 38 heavy (non-hydrogen) atoms. The molecule has 0 saturated heterocycles. The summed E-state index contributed by atoms with van der Waals surface area (Å²) < 4.78 is 12.6. The van der Waals surface area contributed by atoms with Gasteiger partial charge in [-0.3, -0.25) is 14.4 Å². The van der Waals surface area contributed by atoms with Crippen molar-refractivity contribution in [1.82, 2.24) is 14.8 Å². The first-order chi connectivity index (χ1) is 18.4. The number of aryl methyl sites for hydroxylation is 2. The van der Waals surface area contributed by atoms with Crippen molar-refractivity contribution in [1.29, 1.82) is 0 Å². The SMILES string of the molecule is CCOC(=O)C[C@@H]1N=C(c2ccc(NCc3ccc(OC)cc3)cc2)c2c(sc(C)c2C)-n2c(C)nnc21. The third-order valence-electron chi connectivity index (χ3n) is 6.72. The number of hydrogen-bond donors (Lipinski definition) is 1. The Morgan fingerprint density at radius 2 is 1.79 bits per heavy atom. The van der Waals surface area contributed by atoms with Gasteiger partial charge in [0.1, 0.15) is 22.6 Å². The van der Waals surface area contributed by atoms with Crippen molar-refractivity contribution in [2.45, 2.75) is 46.7 Å². The van der Waals surface area contributed by atoms with Crippen LogP contribution in [0.2, 0.25) is 0 Å². The van der Waals surface area contributed by atoms with E-state index >= 15 is 0 Å². The zero-order valence-electron chi connectivity index (χ0n) is 22.2. The highest BCUT2D eigenvalue weighted by Crippen LogP contribution is 2.39. The van der Waals surface area contributed by atoms with Crippen molar-refractivity contribution in [3.05, 3.63) is 87.3 Å². The number of carbonyl (C=O) groups is 1. The van der Waals surface area contributed by atoms with Crippen LogP contribution < -0.4 is 10.1 Å². The lowest BCUT2D eigenvalue weighted by Crippen LogP contribution is -2.13. The molecule has 0 unspecified atom stereocenters. The van der Waals surface area contributed by atoms with Gasteiger partial charge in [0.05, 0.1) is 25.8 Å². The van der Waals surface area contributed by atoms with Crippen LogP contribution in [0.25, 0.3) is 5.00 Å². The van der Waals surface area contributed by atoms with Crippen LogP contribution in [0.5, 0.6) is 5.75 Å². The number of hydrogen-bond acceptors (Lipinski definition) is 8. The molecule has 0 spiro atoms. The predicted octanol–water partition coefficient (Wildman–Crippen LogP) is 5.72. The Kier molecular flexibility index (Phi) is 7.28. The van der Waals surface area contributed by atoms with Gasteiger partial charge in [0.25, 0.3) is 0 Å². The number of carbonyl (C=O) groups excluding carboxylic acids is 1. The van der Waals surface area contributed by atoms with E-state index in [0.29, 0.717) is 19.0 Å². The molecule has 0 bridgehead atoms. The van der Waals surface area contributed by atoms with E-state index in [-0.39, 0.29) is 12.4 Å². The Labute approximate surface area is 226 Å². The first kappa shape index (κ1) is 25.7. The van der Waals surface area contributed by atoms with Crippen LogP contribution in [0, 0.1) is 20.8 Å². The molecule has 4 aromatic rings. The number of ether oxygens (including phenoxy) is 2. The second-order valence-corrected chi connectivity index (χ2v) is 10.4. The summed E-state index contributed by atoms with van der Waals surface area (Å²) in [6, 6.07) is 15.8. The molecule has 3 heterocycles. The topological polar surface area (TPSA) is 90.6 Å². The molecular weight excluding hydrogens is 498 g/mol. The molecule has 1 N–H and O–H groups in total. The molecule has 1 atom stereocenters. The number of aliphatic imine (C=N–C) groups is 1. The summed E-state index contributed by atoms with van der Waals surface area (Å²) in [6.07, 6.45) is 0.101. The lowest BCUT2D eigenvalue weighted by molar-refractivity contribution is -0.143. The molecule has 0 saturated carbocycles. The minimum atomic E-state index is -0.502. The zero-order valence-corrected chi connectivity index (χ0v) is 23.1. The van der Waals surface area contributed by atoms with Gasteiger partial charge < -0.3 is 14.8 Å². The maximum absolute atomic E-state index is 12.5. The van der Waals surface area contributed by atoms with Crippen LogP contribution in [-0.4, -0.2) is 40.2 Å². The standard InChI is InChI=1S/C29H31N5O3S/c1-6-37-25(35)15-24-28-33-32-19(4)34(28)29-26(17(2)18(3)38-29)27(31-24)21-9-11-22(12-10-21)30-16-20-7-13-23(36-5)14-8-20/h7-14,24,30H,6,15-16H2,1-5H3/t24-/m0/s1. The quantitative estimate of drug-likeness (QED) is 0.294. The van der Waals surface area contributed by atoms with E-state index in [1.165, 1.54) is 10.4 Å².